The summed E-state index contributed by atoms with van der Waals surface area (Å²) in [6.07, 6.45) is 5.12. The molecule has 3 heteroatoms. The third-order valence-electron chi connectivity index (χ3n) is 1.80. The second-order valence-electron chi connectivity index (χ2n) is 3.83. The number of hydrogen-bond donors (Lipinski definition) is 0. The molecular weight excluding hydrogens is 186 g/mol. The van der Waals surface area contributed by atoms with Gasteiger partial charge in [-0.05, 0) is 13.8 Å². The van der Waals surface area contributed by atoms with Gasteiger partial charge in [-0.3, -0.25) is 4.98 Å². The molecule has 0 N–H and O–H groups in total. The van der Waals surface area contributed by atoms with Crippen LogP contribution in [0.2, 0.25) is 0 Å². The van der Waals surface area contributed by atoms with Crippen LogP contribution in [0.1, 0.15) is 13.8 Å². The van der Waals surface area contributed by atoms with E-state index in [4.69, 9.17) is 0 Å². The Balaban J connectivity index is 2.81. The summed E-state index contributed by atoms with van der Waals surface area (Å²) in [5.74, 6) is 0.864. The molecule has 15 heavy (non-hydrogen) atoms. The van der Waals surface area contributed by atoms with Crippen LogP contribution in [0.4, 0.5) is 5.82 Å². The summed E-state index contributed by atoms with van der Waals surface area (Å²) < 4.78 is 0. The van der Waals surface area contributed by atoms with Crippen LogP contribution < -0.4 is 4.90 Å². The summed E-state index contributed by atoms with van der Waals surface area (Å²) in [5, 5.41) is 0. The number of aromatic nitrogens is 2. The van der Waals surface area contributed by atoms with Gasteiger partial charge in [0, 0.05) is 25.5 Å². The van der Waals surface area contributed by atoms with Gasteiger partial charge in [-0.25, -0.2) is 4.98 Å². The van der Waals surface area contributed by atoms with Crippen molar-refractivity contribution in [1.82, 2.24) is 9.97 Å². The minimum Gasteiger partial charge on any atom is -0.347 e. The molecule has 1 aromatic rings. The van der Waals surface area contributed by atoms with Gasteiger partial charge < -0.3 is 4.90 Å². The smallest absolute Gasteiger partial charge is 0.147 e. The highest BCUT2D eigenvalue weighted by Crippen LogP contribution is 2.11. The van der Waals surface area contributed by atoms with E-state index in [0.717, 1.165) is 30.1 Å². The van der Waals surface area contributed by atoms with Crippen LogP contribution in [0.15, 0.2) is 42.9 Å². The third-order valence-corrected chi connectivity index (χ3v) is 1.80. The standard InChI is InChI=1S/C12H17N3/c1-10(2)8-15(9-11(3)4)12-7-13-5-6-14-12/h5-7H,1,3,8-9H2,2,4H3. The van der Waals surface area contributed by atoms with Crippen molar-refractivity contribution in [1.29, 1.82) is 0 Å². The summed E-state index contributed by atoms with van der Waals surface area (Å²) in [4.78, 5) is 10.4. The predicted octanol–water partition coefficient (Wildman–Crippen LogP) is 2.44. The lowest BCUT2D eigenvalue weighted by Gasteiger charge is -2.23. The van der Waals surface area contributed by atoms with E-state index in [-0.39, 0.29) is 0 Å². The minimum absolute atomic E-state index is 0.783. The SMILES string of the molecule is C=C(C)CN(CC(=C)C)c1cnccn1. The quantitative estimate of drug-likeness (QED) is 0.688. The Labute approximate surface area is 91.2 Å². The van der Waals surface area contributed by atoms with Crippen molar-refractivity contribution >= 4 is 5.82 Å². The van der Waals surface area contributed by atoms with Gasteiger partial charge in [-0.1, -0.05) is 24.3 Å². The topological polar surface area (TPSA) is 29.0 Å². The van der Waals surface area contributed by atoms with Crippen molar-refractivity contribution in [3.05, 3.63) is 42.9 Å². The van der Waals surface area contributed by atoms with Gasteiger partial charge in [0.1, 0.15) is 5.82 Å². The molecule has 0 spiro atoms. The average molecular weight is 203 g/mol. The molecule has 0 unspecified atom stereocenters. The number of nitrogens with zero attached hydrogens (tertiary/aromatic N) is 3. The number of rotatable bonds is 5. The molecule has 0 aromatic carbocycles. The Hall–Kier alpha value is -1.64. The fourth-order valence-electron chi connectivity index (χ4n) is 1.32. The average Bonchev–Trinajstić information content (AvgIpc) is 2.17. The maximum Gasteiger partial charge on any atom is 0.147 e. The van der Waals surface area contributed by atoms with E-state index in [9.17, 15) is 0 Å². The summed E-state index contributed by atoms with van der Waals surface area (Å²) >= 11 is 0. The lowest BCUT2D eigenvalue weighted by Crippen LogP contribution is -2.27. The molecule has 0 saturated carbocycles. The molecule has 0 bridgehead atoms. The molecule has 0 atom stereocenters. The van der Waals surface area contributed by atoms with Crippen molar-refractivity contribution in [2.24, 2.45) is 0 Å². The summed E-state index contributed by atoms with van der Waals surface area (Å²) in [6, 6.07) is 0. The molecule has 0 aliphatic carbocycles. The fraction of sp³-hybridized carbons (Fsp3) is 0.333. The van der Waals surface area contributed by atoms with Gasteiger partial charge in [0.25, 0.3) is 0 Å². The van der Waals surface area contributed by atoms with Crippen LogP contribution in [-0.4, -0.2) is 23.1 Å². The molecule has 1 aromatic heterocycles. The Morgan fingerprint density at radius 1 is 1.20 bits per heavy atom. The molecule has 1 rings (SSSR count). The Kier molecular flexibility index (Phi) is 4.03. The molecule has 0 saturated heterocycles. The largest absolute Gasteiger partial charge is 0.347 e. The second kappa shape index (κ2) is 5.29. The highest BCUT2D eigenvalue weighted by atomic mass is 15.2. The zero-order valence-corrected chi connectivity index (χ0v) is 9.40. The van der Waals surface area contributed by atoms with Crippen molar-refractivity contribution in [3.8, 4) is 0 Å². The van der Waals surface area contributed by atoms with Gasteiger partial charge in [0.05, 0.1) is 6.20 Å². The van der Waals surface area contributed by atoms with Crippen molar-refractivity contribution in [2.75, 3.05) is 18.0 Å². The highest BCUT2D eigenvalue weighted by molar-refractivity contribution is 5.38. The highest BCUT2D eigenvalue weighted by Gasteiger charge is 2.07. The van der Waals surface area contributed by atoms with Crippen LogP contribution in [0, 0.1) is 0 Å². The summed E-state index contributed by atoms with van der Waals surface area (Å²) in [6.45, 7) is 13.4. The molecule has 0 amide bonds. The van der Waals surface area contributed by atoms with Gasteiger partial charge >= 0.3 is 0 Å². The van der Waals surface area contributed by atoms with Crippen LogP contribution in [-0.2, 0) is 0 Å². The van der Waals surface area contributed by atoms with Crippen LogP contribution in [0.25, 0.3) is 0 Å². The molecule has 0 aliphatic rings. The van der Waals surface area contributed by atoms with Gasteiger partial charge in [0.2, 0.25) is 0 Å². The molecule has 80 valence electrons. The third kappa shape index (κ3) is 3.94. The first-order chi connectivity index (χ1) is 7.09. The van der Waals surface area contributed by atoms with Gasteiger partial charge in [-0.2, -0.15) is 0 Å². The Morgan fingerprint density at radius 2 is 1.80 bits per heavy atom. The van der Waals surface area contributed by atoms with E-state index in [1.54, 1.807) is 18.6 Å². The molecule has 0 fully saturated rings. The zero-order chi connectivity index (χ0) is 11.3. The first-order valence-corrected chi connectivity index (χ1v) is 4.89. The van der Waals surface area contributed by atoms with E-state index < -0.39 is 0 Å². The van der Waals surface area contributed by atoms with Crippen molar-refractivity contribution in [3.63, 3.8) is 0 Å². The fourth-order valence-corrected chi connectivity index (χ4v) is 1.32. The molecule has 0 radical (unpaired) electrons. The first kappa shape index (κ1) is 11.4. The van der Waals surface area contributed by atoms with Crippen molar-refractivity contribution in [2.45, 2.75) is 13.8 Å². The molecule has 1 heterocycles. The lowest BCUT2D eigenvalue weighted by atomic mass is 10.2. The molecule has 3 nitrogen and oxygen atoms in total. The van der Waals surface area contributed by atoms with Crippen LogP contribution in [0.5, 0.6) is 0 Å². The molecule has 0 aliphatic heterocycles. The maximum absolute atomic E-state index is 4.27. The van der Waals surface area contributed by atoms with E-state index >= 15 is 0 Å². The predicted molar refractivity (Wildman–Crippen MR) is 63.9 cm³/mol. The number of anilines is 1. The van der Waals surface area contributed by atoms with E-state index in [1.807, 2.05) is 13.8 Å². The molecular formula is C12H17N3. The summed E-state index contributed by atoms with van der Waals surface area (Å²) in [7, 11) is 0. The van der Waals surface area contributed by atoms with Crippen LogP contribution >= 0.6 is 0 Å². The van der Waals surface area contributed by atoms with E-state index in [1.165, 1.54) is 0 Å². The maximum atomic E-state index is 4.27. The number of hydrogen-bond acceptors (Lipinski definition) is 3. The Morgan fingerprint density at radius 3 is 2.20 bits per heavy atom. The first-order valence-electron chi connectivity index (χ1n) is 4.89. The van der Waals surface area contributed by atoms with Gasteiger partial charge in [0.15, 0.2) is 0 Å². The van der Waals surface area contributed by atoms with Crippen LogP contribution in [0.3, 0.4) is 0 Å². The lowest BCUT2D eigenvalue weighted by molar-refractivity contribution is 0.866. The van der Waals surface area contributed by atoms with Crippen molar-refractivity contribution < 1.29 is 0 Å². The zero-order valence-electron chi connectivity index (χ0n) is 9.40. The second-order valence-corrected chi connectivity index (χ2v) is 3.83. The Bertz CT molecular complexity index is 327. The van der Waals surface area contributed by atoms with Gasteiger partial charge in [-0.15, -0.1) is 0 Å². The normalized spacial score (nSPS) is 9.73. The summed E-state index contributed by atoms with van der Waals surface area (Å²) in [5.41, 5.74) is 2.20. The minimum atomic E-state index is 0.783. The van der Waals surface area contributed by atoms with E-state index in [0.29, 0.717) is 0 Å². The monoisotopic (exact) mass is 203 g/mol. The van der Waals surface area contributed by atoms with E-state index in [2.05, 4.69) is 28.0 Å².